The van der Waals surface area contributed by atoms with E-state index < -0.39 is 0 Å². The summed E-state index contributed by atoms with van der Waals surface area (Å²) < 4.78 is 5.17. The highest BCUT2D eigenvalue weighted by atomic mass is 16.5. The van der Waals surface area contributed by atoms with Crippen LogP contribution in [0.2, 0.25) is 0 Å². The van der Waals surface area contributed by atoms with Crippen LogP contribution in [0.1, 0.15) is 12.8 Å². The predicted octanol–water partition coefficient (Wildman–Crippen LogP) is -0.00420. The van der Waals surface area contributed by atoms with Crippen LogP contribution in [-0.2, 0) is 14.3 Å². The molecule has 2 fully saturated rings. The Kier molecular flexibility index (Phi) is 2.14. The minimum atomic E-state index is -0.239. The lowest BCUT2D eigenvalue weighted by atomic mass is 10.0. The molecule has 4 heteroatoms. The van der Waals surface area contributed by atoms with Crippen molar-refractivity contribution in [1.29, 1.82) is 0 Å². The second kappa shape index (κ2) is 3.30. The van der Waals surface area contributed by atoms with Gasteiger partial charge in [-0.05, 0) is 6.42 Å². The SMILES string of the molecule is O=C1CC(=CC2CCOC2)C(=O)N1. The molecule has 2 amide bonds. The lowest BCUT2D eigenvalue weighted by molar-refractivity contribution is -0.124. The molecule has 2 aliphatic heterocycles. The zero-order valence-electron chi connectivity index (χ0n) is 7.21. The van der Waals surface area contributed by atoms with Gasteiger partial charge in [-0.1, -0.05) is 6.08 Å². The predicted molar refractivity (Wildman–Crippen MR) is 44.8 cm³/mol. The largest absolute Gasteiger partial charge is 0.381 e. The second-order valence-corrected chi connectivity index (χ2v) is 3.37. The summed E-state index contributed by atoms with van der Waals surface area (Å²) in [5.74, 6) is -0.126. The first-order chi connectivity index (χ1) is 6.25. The molecule has 0 aromatic heterocycles. The summed E-state index contributed by atoms with van der Waals surface area (Å²) in [7, 11) is 0. The van der Waals surface area contributed by atoms with E-state index in [1.165, 1.54) is 0 Å². The van der Waals surface area contributed by atoms with E-state index in [9.17, 15) is 9.59 Å². The molecule has 0 aliphatic carbocycles. The zero-order valence-corrected chi connectivity index (χ0v) is 7.21. The van der Waals surface area contributed by atoms with Crippen LogP contribution in [0.5, 0.6) is 0 Å². The summed E-state index contributed by atoms with van der Waals surface area (Å²) in [5.41, 5.74) is 0.598. The number of imide groups is 1. The fourth-order valence-corrected chi connectivity index (χ4v) is 1.61. The van der Waals surface area contributed by atoms with Gasteiger partial charge in [0.1, 0.15) is 0 Å². The first-order valence-corrected chi connectivity index (χ1v) is 4.38. The average molecular weight is 181 g/mol. The maximum Gasteiger partial charge on any atom is 0.253 e. The number of rotatable bonds is 1. The molecule has 0 saturated carbocycles. The van der Waals surface area contributed by atoms with Gasteiger partial charge in [0, 0.05) is 18.1 Å². The van der Waals surface area contributed by atoms with E-state index >= 15 is 0 Å². The van der Waals surface area contributed by atoms with Gasteiger partial charge in [-0.25, -0.2) is 0 Å². The van der Waals surface area contributed by atoms with Crippen molar-refractivity contribution in [3.63, 3.8) is 0 Å². The number of nitrogens with one attached hydrogen (secondary N) is 1. The van der Waals surface area contributed by atoms with Crippen LogP contribution < -0.4 is 5.32 Å². The van der Waals surface area contributed by atoms with Gasteiger partial charge in [0.05, 0.1) is 13.0 Å². The Balaban J connectivity index is 2.06. The summed E-state index contributed by atoms with van der Waals surface area (Å²) in [5, 5.41) is 2.25. The molecule has 70 valence electrons. The molecular weight excluding hydrogens is 170 g/mol. The summed E-state index contributed by atoms with van der Waals surface area (Å²) >= 11 is 0. The van der Waals surface area contributed by atoms with Gasteiger partial charge in [-0.3, -0.25) is 14.9 Å². The van der Waals surface area contributed by atoms with Crippen molar-refractivity contribution in [2.24, 2.45) is 5.92 Å². The van der Waals surface area contributed by atoms with Crippen LogP contribution in [0.15, 0.2) is 11.6 Å². The van der Waals surface area contributed by atoms with E-state index in [0.717, 1.165) is 13.0 Å². The number of amides is 2. The van der Waals surface area contributed by atoms with Crippen LogP contribution in [0.3, 0.4) is 0 Å². The topological polar surface area (TPSA) is 55.4 Å². The third-order valence-electron chi connectivity index (χ3n) is 2.30. The molecule has 2 saturated heterocycles. The number of carbonyl (C=O) groups is 2. The van der Waals surface area contributed by atoms with E-state index in [0.29, 0.717) is 18.1 Å². The maximum atomic E-state index is 11.1. The summed E-state index contributed by atoms with van der Waals surface area (Å²) in [4.78, 5) is 22.0. The van der Waals surface area contributed by atoms with Crippen molar-refractivity contribution in [1.82, 2.24) is 5.32 Å². The molecular formula is C9H11NO3. The lowest BCUT2D eigenvalue weighted by Crippen LogP contribution is -2.19. The Labute approximate surface area is 75.9 Å². The van der Waals surface area contributed by atoms with E-state index in [2.05, 4.69) is 5.32 Å². The monoisotopic (exact) mass is 181 g/mol. The van der Waals surface area contributed by atoms with Crippen molar-refractivity contribution in [3.05, 3.63) is 11.6 Å². The first kappa shape index (κ1) is 8.44. The summed E-state index contributed by atoms with van der Waals surface area (Å²) in [6, 6.07) is 0. The van der Waals surface area contributed by atoms with Gasteiger partial charge in [-0.2, -0.15) is 0 Å². The molecule has 1 atom stereocenters. The van der Waals surface area contributed by atoms with Crippen LogP contribution in [0, 0.1) is 5.92 Å². The third kappa shape index (κ3) is 1.78. The highest BCUT2D eigenvalue weighted by Crippen LogP contribution is 2.19. The van der Waals surface area contributed by atoms with Crippen LogP contribution in [0.4, 0.5) is 0 Å². The molecule has 0 radical (unpaired) electrons. The molecule has 13 heavy (non-hydrogen) atoms. The molecule has 0 aromatic carbocycles. The van der Waals surface area contributed by atoms with Gasteiger partial charge >= 0.3 is 0 Å². The van der Waals surface area contributed by atoms with Crippen LogP contribution in [-0.4, -0.2) is 25.0 Å². The zero-order chi connectivity index (χ0) is 9.26. The minimum Gasteiger partial charge on any atom is -0.381 e. The fraction of sp³-hybridized carbons (Fsp3) is 0.556. The van der Waals surface area contributed by atoms with Crippen molar-refractivity contribution in [3.8, 4) is 0 Å². The van der Waals surface area contributed by atoms with E-state index in [-0.39, 0.29) is 18.2 Å². The highest BCUT2D eigenvalue weighted by Gasteiger charge is 2.25. The minimum absolute atomic E-state index is 0.199. The van der Waals surface area contributed by atoms with Gasteiger partial charge in [-0.15, -0.1) is 0 Å². The van der Waals surface area contributed by atoms with Gasteiger partial charge in [0.2, 0.25) is 5.91 Å². The quantitative estimate of drug-likeness (QED) is 0.457. The molecule has 1 N–H and O–H groups in total. The van der Waals surface area contributed by atoms with E-state index in [1.54, 1.807) is 0 Å². The highest BCUT2D eigenvalue weighted by molar-refractivity contribution is 6.13. The van der Waals surface area contributed by atoms with Crippen LogP contribution >= 0.6 is 0 Å². The van der Waals surface area contributed by atoms with Gasteiger partial charge in [0.25, 0.3) is 5.91 Å². The molecule has 1 unspecified atom stereocenters. The smallest absolute Gasteiger partial charge is 0.253 e. The Hall–Kier alpha value is -1.16. The van der Waals surface area contributed by atoms with Crippen molar-refractivity contribution in [2.45, 2.75) is 12.8 Å². The maximum absolute atomic E-state index is 11.1. The lowest BCUT2D eigenvalue weighted by Gasteiger charge is -1.99. The standard InChI is InChI=1S/C9H11NO3/c11-8-4-7(9(12)10-8)3-6-1-2-13-5-6/h3,6H,1-2,4-5H2,(H,10,11,12). The molecule has 0 spiro atoms. The van der Waals surface area contributed by atoms with Crippen molar-refractivity contribution >= 4 is 11.8 Å². The number of hydrogen-bond donors (Lipinski definition) is 1. The first-order valence-electron chi connectivity index (χ1n) is 4.38. The second-order valence-electron chi connectivity index (χ2n) is 3.37. The van der Waals surface area contributed by atoms with E-state index in [4.69, 9.17) is 4.74 Å². The molecule has 0 bridgehead atoms. The number of carbonyl (C=O) groups excluding carboxylic acids is 2. The summed E-state index contributed by atoms with van der Waals surface area (Å²) in [6.07, 6.45) is 3.05. The molecule has 2 heterocycles. The molecule has 2 rings (SSSR count). The average Bonchev–Trinajstić information content (AvgIpc) is 2.63. The Morgan fingerprint density at radius 1 is 1.46 bits per heavy atom. The van der Waals surface area contributed by atoms with Gasteiger partial charge in [0.15, 0.2) is 0 Å². The Bertz CT molecular complexity index is 277. The fourth-order valence-electron chi connectivity index (χ4n) is 1.61. The van der Waals surface area contributed by atoms with Crippen molar-refractivity contribution in [2.75, 3.05) is 13.2 Å². The number of ether oxygens (including phenoxy) is 1. The Morgan fingerprint density at radius 2 is 2.31 bits per heavy atom. The Morgan fingerprint density at radius 3 is 2.85 bits per heavy atom. The number of hydrogen-bond acceptors (Lipinski definition) is 3. The molecule has 2 aliphatic rings. The van der Waals surface area contributed by atoms with Gasteiger partial charge < -0.3 is 4.74 Å². The summed E-state index contributed by atoms with van der Waals surface area (Å²) in [6.45, 7) is 1.43. The van der Waals surface area contributed by atoms with Crippen molar-refractivity contribution < 1.29 is 14.3 Å². The molecule has 0 aromatic rings. The van der Waals surface area contributed by atoms with Crippen LogP contribution in [0.25, 0.3) is 0 Å². The van der Waals surface area contributed by atoms with E-state index in [1.807, 2.05) is 6.08 Å². The third-order valence-corrected chi connectivity index (χ3v) is 2.30. The molecule has 4 nitrogen and oxygen atoms in total. The normalized spacial score (nSPS) is 31.4.